The van der Waals surface area contributed by atoms with Crippen LogP contribution < -0.4 is 5.32 Å². The summed E-state index contributed by atoms with van der Waals surface area (Å²) in [4.78, 5) is 3.28. The fourth-order valence-corrected chi connectivity index (χ4v) is 3.38. The van der Waals surface area contributed by atoms with E-state index in [4.69, 9.17) is 0 Å². The number of hydrogen-bond acceptors (Lipinski definition) is 1. The van der Waals surface area contributed by atoms with Crippen molar-refractivity contribution in [2.24, 2.45) is 5.92 Å². The van der Waals surface area contributed by atoms with Gasteiger partial charge in [0.05, 0.1) is 0 Å². The van der Waals surface area contributed by atoms with Crippen molar-refractivity contribution in [3.8, 4) is 0 Å². The number of fused-ring (bicyclic) bond motifs is 1. The molecule has 0 spiro atoms. The molecule has 1 unspecified atom stereocenters. The normalized spacial score (nSPS) is 18.8. The van der Waals surface area contributed by atoms with Crippen molar-refractivity contribution in [1.29, 1.82) is 0 Å². The van der Waals surface area contributed by atoms with Gasteiger partial charge in [0.2, 0.25) is 0 Å². The standard InChI is InChI=1S/C17H24N2/c1-13(14-6-3-2-4-7-14)19-12-15-8-5-9-17-16(15)10-11-18-17/h5,8-11,13-14,18-19H,2-4,6-7,12H2,1H3. The van der Waals surface area contributed by atoms with Gasteiger partial charge >= 0.3 is 0 Å². The van der Waals surface area contributed by atoms with Gasteiger partial charge < -0.3 is 10.3 Å². The second kappa shape index (κ2) is 5.79. The van der Waals surface area contributed by atoms with Crippen LogP contribution in [-0.4, -0.2) is 11.0 Å². The van der Waals surface area contributed by atoms with Crippen molar-refractivity contribution >= 4 is 10.9 Å². The lowest BCUT2D eigenvalue weighted by Crippen LogP contribution is -2.34. The van der Waals surface area contributed by atoms with Crippen LogP contribution in [0.3, 0.4) is 0 Å². The summed E-state index contributed by atoms with van der Waals surface area (Å²) in [5.41, 5.74) is 2.64. The van der Waals surface area contributed by atoms with E-state index in [1.165, 1.54) is 48.6 Å². The van der Waals surface area contributed by atoms with Crippen molar-refractivity contribution in [3.63, 3.8) is 0 Å². The van der Waals surface area contributed by atoms with E-state index < -0.39 is 0 Å². The zero-order valence-corrected chi connectivity index (χ0v) is 11.8. The molecule has 0 radical (unpaired) electrons. The first-order valence-corrected chi connectivity index (χ1v) is 7.63. The van der Waals surface area contributed by atoms with Gasteiger partial charge in [0.15, 0.2) is 0 Å². The number of H-pyrrole nitrogens is 1. The molecule has 2 heteroatoms. The van der Waals surface area contributed by atoms with Gasteiger partial charge in [0.1, 0.15) is 0 Å². The topological polar surface area (TPSA) is 27.8 Å². The van der Waals surface area contributed by atoms with Gasteiger partial charge in [0, 0.05) is 29.7 Å². The fourth-order valence-electron chi connectivity index (χ4n) is 3.38. The van der Waals surface area contributed by atoms with E-state index in [1.807, 2.05) is 6.20 Å². The molecule has 2 aromatic rings. The Morgan fingerprint density at radius 1 is 1.21 bits per heavy atom. The third-order valence-electron chi connectivity index (χ3n) is 4.66. The highest BCUT2D eigenvalue weighted by Gasteiger charge is 2.19. The first-order valence-electron chi connectivity index (χ1n) is 7.63. The zero-order valence-electron chi connectivity index (χ0n) is 11.8. The minimum atomic E-state index is 0.634. The molecule has 0 bridgehead atoms. The minimum Gasteiger partial charge on any atom is -0.361 e. The van der Waals surface area contributed by atoms with Gasteiger partial charge in [-0.15, -0.1) is 0 Å². The number of aromatic nitrogens is 1. The maximum atomic E-state index is 3.74. The fraction of sp³-hybridized carbons (Fsp3) is 0.529. The SMILES string of the molecule is CC(NCc1cccc2[nH]ccc12)C1CCCCC1. The summed E-state index contributed by atoms with van der Waals surface area (Å²) in [6.07, 6.45) is 9.11. The summed E-state index contributed by atoms with van der Waals surface area (Å²) in [7, 11) is 0. The highest BCUT2D eigenvalue weighted by molar-refractivity contribution is 5.82. The first-order chi connectivity index (χ1) is 9.34. The van der Waals surface area contributed by atoms with E-state index >= 15 is 0 Å². The Balaban J connectivity index is 1.63. The second-order valence-electron chi connectivity index (χ2n) is 5.92. The monoisotopic (exact) mass is 256 g/mol. The number of nitrogens with one attached hydrogen (secondary N) is 2. The molecule has 0 saturated heterocycles. The van der Waals surface area contributed by atoms with Crippen LogP contribution in [0.4, 0.5) is 0 Å². The second-order valence-corrected chi connectivity index (χ2v) is 5.92. The molecule has 2 N–H and O–H groups in total. The lowest BCUT2D eigenvalue weighted by molar-refractivity contribution is 0.281. The average Bonchev–Trinajstić information content (AvgIpc) is 2.94. The summed E-state index contributed by atoms with van der Waals surface area (Å²) in [5.74, 6) is 0.874. The van der Waals surface area contributed by atoms with Crippen LogP contribution in [0.2, 0.25) is 0 Å². The molecule has 1 aromatic heterocycles. The summed E-state index contributed by atoms with van der Waals surface area (Å²) in [5, 5.41) is 5.09. The van der Waals surface area contributed by atoms with Gasteiger partial charge in [-0.2, -0.15) is 0 Å². The Morgan fingerprint density at radius 2 is 2.05 bits per heavy atom. The predicted octanol–water partition coefficient (Wildman–Crippen LogP) is 4.23. The average molecular weight is 256 g/mol. The molecule has 2 nitrogen and oxygen atoms in total. The lowest BCUT2D eigenvalue weighted by atomic mass is 9.84. The molecule has 1 heterocycles. The number of benzene rings is 1. The molecule has 3 rings (SSSR count). The lowest BCUT2D eigenvalue weighted by Gasteiger charge is -2.28. The van der Waals surface area contributed by atoms with Crippen LogP contribution in [0.25, 0.3) is 10.9 Å². The van der Waals surface area contributed by atoms with Crippen molar-refractivity contribution in [2.45, 2.75) is 51.6 Å². The van der Waals surface area contributed by atoms with E-state index in [-0.39, 0.29) is 0 Å². The summed E-state index contributed by atoms with van der Waals surface area (Å²) >= 11 is 0. The summed E-state index contributed by atoms with van der Waals surface area (Å²) in [6.45, 7) is 3.33. The third kappa shape index (κ3) is 2.84. The minimum absolute atomic E-state index is 0.634. The molecule has 1 aliphatic rings. The van der Waals surface area contributed by atoms with Crippen LogP contribution in [0, 0.1) is 5.92 Å². The molecule has 102 valence electrons. The van der Waals surface area contributed by atoms with Gasteiger partial charge in [0.25, 0.3) is 0 Å². The van der Waals surface area contributed by atoms with Gasteiger partial charge in [-0.1, -0.05) is 31.4 Å². The highest BCUT2D eigenvalue weighted by atomic mass is 14.9. The van der Waals surface area contributed by atoms with Gasteiger partial charge in [-0.3, -0.25) is 0 Å². The molecular formula is C17H24N2. The van der Waals surface area contributed by atoms with Crippen molar-refractivity contribution in [1.82, 2.24) is 10.3 Å². The van der Waals surface area contributed by atoms with Crippen molar-refractivity contribution < 1.29 is 0 Å². The molecule has 1 aromatic carbocycles. The predicted molar refractivity (Wildman–Crippen MR) is 81.2 cm³/mol. The van der Waals surface area contributed by atoms with Crippen LogP contribution in [-0.2, 0) is 6.54 Å². The Bertz CT molecular complexity index is 523. The van der Waals surface area contributed by atoms with Crippen LogP contribution in [0.1, 0.15) is 44.6 Å². The molecule has 0 aliphatic heterocycles. The number of rotatable bonds is 4. The smallest absolute Gasteiger partial charge is 0.0457 e. The molecule has 19 heavy (non-hydrogen) atoms. The number of aromatic amines is 1. The largest absolute Gasteiger partial charge is 0.361 e. The molecule has 1 atom stereocenters. The van der Waals surface area contributed by atoms with E-state index in [9.17, 15) is 0 Å². The zero-order chi connectivity index (χ0) is 13.1. The van der Waals surface area contributed by atoms with E-state index in [1.54, 1.807) is 0 Å². The van der Waals surface area contributed by atoms with Crippen LogP contribution in [0.15, 0.2) is 30.5 Å². The van der Waals surface area contributed by atoms with E-state index in [0.29, 0.717) is 6.04 Å². The maximum absolute atomic E-state index is 3.74. The molecule has 1 fully saturated rings. The maximum Gasteiger partial charge on any atom is 0.0457 e. The Morgan fingerprint density at radius 3 is 2.89 bits per heavy atom. The quantitative estimate of drug-likeness (QED) is 0.842. The molecule has 1 aliphatic carbocycles. The van der Waals surface area contributed by atoms with Crippen LogP contribution in [0.5, 0.6) is 0 Å². The van der Waals surface area contributed by atoms with Gasteiger partial charge in [-0.05, 0) is 43.4 Å². The molecule has 1 saturated carbocycles. The van der Waals surface area contributed by atoms with Gasteiger partial charge in [-0.25, -0.2) is 0 Å². The molecular weight excluding hydrogens is 232 g/mol. The van der Waals surface area contributed by atoms with E-state index in [0.717, 1.165) is 12.5 Å². The summed E-state index contributed by atoms with van der Waals surface area (Å²) < 4.78 is 0. The third-order valence-corrected chi connectivity index (χ3v) is 4.66. The summed E-state index contributed by atoms with van der Waals surface area (Å²) in [6, 6.07) is 9.33. The Labute approximate surface area is 115 Å². The van der Waals surface area contributed by atoms with Crippen LogP contribution >= 0.6 is 0 Å². The van der Waals surface area contributed by atoms with Crippen molar-refractivity contribution in [2.75, 3.05) is 0 Å². The Hall–Kier alpha value is -1.28. The Kier molecular flexibility index (Phi) is 3.88. The number of hydrogen-bond donors (Lipinski definition) is 2. The molecule has 0 amide bonds. The van der Waals surface area contributed by atoms with Crippen molar-refractivity contribution in [3.05, 3.63) is 36.0 Å². The first kappa shape index (κ1) is 12.7. The van der Waals surface area contributed by atoms with E-state index in [2.05, 4.69) is 41.5 Å². The highest BCUT2D eigenvalue weighted by Crippen LogP contribution is 2.26.